The van der Waals surface area contributed by atoms with Crippen LogP contribution in [0.15, 0.2) is 22.7 Å². The number of hydrogen-bond acceptors (Lipinski definition) is 2. The van der Waals surface area contributed by atoms with E-state index in [4.69, 9.17) is 5.73 Å². The van der Waals surface area contributed by atoms with Crippen molar-refractivity contribution in [2.75, 3.05) is 5.32 Å². The molecule has 1 unspecified atom stereocenters. The van der Waals surface area contributed by atoms with Crippen molar-refractivity contribution in [2.24, 2.45) is 5.73 Å². The first-order chi connectivity index (χ1) is 7.04. The molecule has 0 spiro atoms. The zero-order valence-electron chi connectivity index (χ0n) is 9.29. The van der Waals surface area contributed by atoms with E-state index in [2.05, 4.69) is 21.2 Å². The minimum Gasteiger partial charge on any atom is -0.324 e. The lowest BCUT2D eigenvalue weighted by atomic mass is 10.1. The number of nitrogens with one attached hydrogen (secondary N) is 1. The number of rotatable bonds is 3. The lowest BCUT2D eigenvalue weighted by molar-refractivity contribution is -0.117. The maximum Gasteiger partial charge on any atom is 0.241 e. The standard InChI is InChI=1S/C11H15BrN2O.ClH/c1-3-8-6-9(12)4-5-10(8)14-11(15)7(2)13;/h4-7H,3,13H2,1-2H3,(H,14,15);1H. The quantitative estimate of drug-likeness (QED) is 0.902. The molecule has 16 heavy (non-hydrogen) atoms. The summed E-state index contributed by atoms with van der Waals surface area (Å²) < 4.78 is 1.01. The van der Waals surface area contributed by atoms with Crippen molar-refractivity contribution >= 4 is 39.9 Å². The van der Waals surface area contributed by atoms with Crippen molar-refractivity contribution in [3.8, 4) is 0 Å². The summed E-state index contributed by atoms with van der Waals surface area (Å²) in [6.45, 7) is 3.71. The lowest BCUT2D eigenvalue weighted by Crippen LogP contribution is -2.32. The maximum atomic E-state index is 11.4. The van der Waals surface area contributed by atoms with E-state index in [0.717, 1.165) is 22.1 Å². The summed E-state index contributed by atoms with van der Waals surface area (Å²) in [7, 11) is 0. The van der Waals surface area contributed by atoms with Crippen molar-refractivity contribution in [2.45, 2.75) is 26.3 Å². The van der Waals surface area contributed by atoms with Crippen LogP contribution in [0.4, 0.5) is 5.69 Å². The van der Waals surface area contributed by atoms with Crippen molar-refractivity contribution in [1.29, 1.82) is 0 Å². The first-order valence-electron chi connectivity index (χ1n) is 4.89. The van der Waals surface area contributed by atoms with Gasteiger partial charge in [-0.15, -0.1) is 12.4 Å². The molecule has 1 atom stereocenters. The van der Waals surface area contributed by atoms with Crippen LogP contribution >= 0.6 is 28.3 Å². The zero-order valence-corrected chi connectivity index (χ0v) is 11.7. The van der Waals surface area contributed by atoms with Crippen LogP contribution in [0.3, 0.4) is 0 Å². The fourth-order valence-electron chi connectivity index (χ4n) is 1.22. The highest BCUT2D eigenvalue weighted by atomic mass is 79.9. The summed E-state index contributed by atoms with van der Waals surface area (Å²) in [6.07, 6.45) is 0.869. The largest absolute Gasteiger partial charge is 0.324 e. The molecular formula is C11H16BrClN2O. The normalized spacial score (nSPS) is 11.5. The van der Waals surface area contributed by atoms with Gasteiger partial charge in [0, 0.05) is 10.2 Å². The Balaban J connectivity index is 0.00000225. The number of halogens is 2. The minimum absolute atomic E-state index is 0. The number of amides is 1. The third-order valence-electron chi connectivity index (χ3n) is 2.12. The summed E-state index contributed by atoms with van der Waals surface area (Å²) in [5.41, 5.74) is 7.42. The van der Waals surface area contributed by atoms with E-state index in [9.17, 15) is 4.79 Å². The van der Waals surface area contributed by atoms with Crippen molar-refractivity contribution in [3.05, 3.63) is 28.2 Å². The van der Waals surface area contributed by atoms with Gasteiger partial charge in [-0.3, -0.25) is 4.79 Å². The summed E-state index contributed by atoms with van der Waals surface area (Å²) >= 11 is 3.39. The minimum atomic E-state index is -0.488. The predicted octanol–water partition coefficient (Wildman–Crippen LogP) is 2.72. The van der Waals surface area contributed by atoms with Gasteiger partial charge in [0.25, 0.3) is 0 Å². The molecule has 0 aliphatic carbocycles. The SMILES string of the molecule is CCc1cc(Br)ccc1NC(=O)C(C)N.Cl. The van der Waals surface area contributed by atoms with E-state index in [1.54, 1.807) is 6.92 Å². The molecule has 1 aromatic carbocycles. The zero-order chi connectivity index (χ0) is 11.4. The number of anilines is 1. The molecule has 0 saturated carbocycles. The summed E-state index contributed by atoms with van der Waals surface area (Å²) in [6, 6.07) is 5.29. The molecule has 0 fully saturated rings. The lowest BCUT2D eigenvalue weighted by Gasteiger charge is -2.11. The molecular weight excluding hydrogens is 291 g/mol. The van der Waals surface area contributed by atoms with E-state index >= 15 is 0 Å². The van der Waals surface area contributed by atoms with Crippen LogP contribution in [0.1, 0.15) is 19.4 Å². The Morgan fingerprint density at radius 1 is 1.56 bits per heavy atom. The third-order valence-corrected chi connectivity index (χ3v) is 2.61. The highest BCUT2D eigenvalue weighted by Crippen LogP contribution is 2.21. The van der Waals surface area contributed by atoms with Gasteiger partial charge >= 0.3 is 0 Å². The van der Waals surface area contributed by atoms with Crippen LogP contribution in [0.2, 0.25) is 0 Å². The molecule has 1 amide bonds. The Labute approximate surface area is 110 Å². The second-order valence-electron chi connectivity index (χ2n) is 3.43. The van der Waals surface area contributed by atoms with Gasteiger partial charge in [0.1, 0.15) is 0 Å². The van der Waals surface area contributed by atoms with Crippen LogP contribution in [-0.4, -0.2) is 11.9 Å². The van der Waals surface area contributed by atoms with Crippen molar-refractivity contribution in [3.63, 3.8) is 0 Å². The van der Waals surface area contributed by atoms with Gasteiger partial charge in [-0.05, 0) is 37.1 Å². The highest BCUT2D eigenvalue weighted by Gasteiger charge is 2.09. The van der Waals surface area contributed by atoms with E-state index < -0.39 is 6.04 Å². The maximum absolute atomic E-state index is 11.4. The van der Waals surface area contributed by atoms with E-state index in [0.29, 0.717) is 0 Å². The van der Waals surface area contributed by atoms with Crippen LogP contribution in [-0.2, 0) is 11.2 Å². The number of carbonyl (C=O) groups excluding carboxylic acids is 1. The second kappa shape index (κ2) is 6.89. The number of hydrogen-bond donors (Lipinski definition) is 2. The summed E-state index contributed by atoms with van der Waals surface area (Å²) in [5, 5.41) is 2.80. The number of carbonyl (C=O) groups is 1. The first-order valence-corrected chi connectivity index (χ1v) is 5.68. The van der Waals surface area contributed by atoms with E-state index in [1.807, 2.05) is 25.1 Å². The summed E-state index contributed by atoms with van der Waals surface area (Å²) in [4.78, 5) is 11.4. The molecule has 0 heterocycles. The van der Waals surface area contributed by atoms with Gasteiger partial charge in [0.05, 0.1) is 6.04 Å². The smallest absolute Gasteiger partial charge is 0.241 e. The van der Waals surface area contributed by atoms with Gasteiger partial charge < -0.3 is 11.1 Å². The van der Waals surface area contributed by atoms with Gasteiger partial charge in [-0.2, -0.15) is 0 Å². The van der Waals surface area contributed by atoms with Gasteiger partial charge in [0.2, 0.25) is 5.91 Å². The van der Waals surface area contributed by atoms with Crippen molar-refractivity contribution < 1.29 is 4.79 Å². The Bertz CT molecular complexity index is 369. The molecule has 5 heteroatoms. The van der Waals surface area contributed by atoms with Crippen LogP contribution in [0.25, 0.3) is 0 Å². The Hall–Kier alpha value is -0.580. The average Bonchev–Trinajstić information content (AvgIpc) is 2.20. The average molecular weight is 308 g/mol. The predicted molar refractivity (Wildman–Crippen MR) is 73.0 cm³/mol. The molecule has 0 radical (unpaired) electrons. The summed E-state index contributed by atoms with van der Waals surface area (Å²) in [5.74, 6) is -0.160. The Morgan fingerprint density at radius 3 is 2.69 bits per heavy atom. The highest BCUT2D eigenvalue weighted by molar-refractivity contribution is 9.10. The van der Waals surface area contributed by atoms with Crippen LogP contribution in [0.5, 0.6) is 0 Å². The topological polar surface area (TPSA) is 55.1 Å². The molecule has 0 aliphatic heterocycles. The molecule has 1 aromatic rings. The third kappa shape index (κ3) is 4.12. The van der Waals surface area contributed by atoms with Crippen LogP contribution in [0, 0.1) is 0 Å². The molecule has 0 bridgehead atoms. The van der Waals surface area contributed by atoms with Crippen LogP contribution < -0.4 is 11.1 Å². The molecule has 3 N–H and O–H groups in total. The first kappa shape index (κ1) is 15.4. The molecule has 3 nitrogen and oxygen atoms in total. The molecule has 0 aromatic heterocycles. The Morgan fingerprint density at radius 2 is 2.19 bits per heavy atom. The fourth-order valence-corrected chi connectivity index (χ4v) is 1.63. The fraction of sp³-hybridized carbons (Fsp3) is 0.364. The molecule has 0 saturated heterocycles. The second-order valence-corrected chi connectivity index (χ2v) is 4.35. The van der Waals surface area contributed by atoms with Crippen molar-refractivity contribution in [1.82, 2.24) is 0 Å². The van der Waals surface area contributed by atoms with Gasteiger partial charge in [0.15, 0.2) is 0 Å². The van der Waals surface area contributed by atoms with Gasteiger partial charge in [-0.1, -0.05) is 22.9 Å². The number of nitrogens with two attached hydrogens (primary N) is 1. The number of aryl methyl sites for hydroxylation is 1. The monoisotopic (exact) mass is 306 g/mol. The van der Waals surface area contributed by atoms with E-state index in [-0.39, 0.29) is 18.3 Å². The Kier molecular flexibility index (Phi) is 6.64. The number of benzene rings is 1. The molecule has 0 aliphatic rings. The van der Waals surface area contributed by atoms with E-state index in [1.165, 1.54) is 0 Å². The molecule has 90 valence electrons. The van der Waals surface area contributed by atoms with Gasteiger partial charge in [-0.25, -0.2) is 0 Å². The molecule has 1 rings (SSSR count).